The third kappa shape index (κ3) is 1.75. The Balaban J connectivity index is 3.13. The van der Waals surface area contributed by atoms with Gasteiger partial charge >= 0.3 is 0 Å². The van der Waals surface area contributed by atoms with E-state index in [0.717, 1.165) is 0 Å². The van der Waals surface area contributed by atoms with Gasteiger partial charge in [0.25, 0.3) is 0 Å². The van der Waals surface area contributed by atoms with Crippen LogP contribution >= 0.6 is 0 Å². The third-order valence-corrected chi connectivity index (χ3v) is 1.70. The maximum Gasteiger partial charge on any atom is 0.185 e. The molecule has 11 heavy (non-hydrogen) atoms. The van der Waals surface area contributed by atoms with E-state index in [1.54, 1.807) is 0 Å². The molecule has 0 aliphatic heterocycles. The fourth-order valence-electron chi connectivity index (χ4n) is 0.560. The summed E-state index contributed by atoms with van der Waals surface area (Å²) in [6.45, 7) is 0. The molecule has 0 saturated carbocycles. The summed E-state index contributed by atoms with van der Waals surface area (Å²) in [4.78, 5) is 3.53. The van der Waals surface area contributed by atoms with Crippen LogP contribution in [0.4, 0.5) is 0 Å². The standard InChI is InChI=1S/C6H4N2O2S/c7-3-5-1-2-6(8-4-5)11(9)10/h1-2,4,11H. The molecule has 0 saturated heterocycles. The zero-order chi connectivity index (χ0) is 8.27. The smallest absolute Gasteiger partial charge is 0.185 e. The zero-order valence-corrected chi connectivity index (χ0v) is 6.28. The molecule has 4 nitrogen and oxygen atoms in total. The Hall–Kier alpha value is -1.41. The highest BCUT2D eigenvalue weighted by Gasteiger charge is 1.94. The van der Waals surface area contributed by atoms with Crippen molar-refractivity contribution in [1.82, 2.24) is 4.98 Å². The number of thiol groups is 1. The van der Waals surface area contributed by atoms with E-state index in [1.807, 2.05) is 6.07 Å². The van der Waals surface area contributed by atoms with Crippen molar-refractivity contribution >= 4 is 10.7 Å². The molecular formula is C6H4N2O2S. The lowest BCUT2D eigenvalue weighted by molar-refractivity contribution is 0.611. The summed E-state index contributed by atoms with van der Waals surface area (Å²) < 4.78 is 20.6. The lowest BCUT2D eigenvalue weighted by atomic mass is 10.3. The predicted molar refractivity (Wildman–Crippen MR) is 37.5 cm³/mol. The van der Waals surface area contributed by atoms with Crippen LogP contribution in [0.25, 0.3) is 0 Å². The van der Waals surface area contributed by atoms with Crippen molar-refractivity contribution in [1.29, 1.82) is 5.26 Å². The van der Waals surface area contributed by atoms with Gasteiger partial charge in [-0.15, -0.1) is 0 Å². The van der Waals surface area contributed by atoms with Crippen LogP contribution in [0.5, 0.6) is 0 Å². The Kier molecular flexibility index (Phi) is 2.18. The van der Waals surface area contributed by atoms with E-state index >= 15 is 0 Å². The number of nitriles is 1. The molecule has 56 valence electrons. The van der Waals surface area contributed by atoms with Gasteiger partial charge in [-0.1, -0.05) is 0 Å². The highest BCUT2D eigenvalue weighted by molar-refractivity contribution is 7.72. The summed E-state index contributed by atoms with van der Waals surface area (Å²) in [7, 11) is -2.63. The van der Waals surface area contributed by atoms with Crippen LogP contribution in [-0.2, 0) is 10.7 Å². The van der Waals surface area contributed by atoms with Crippen LogP contribution in [0.1, 0.15) is 5.56 Å². The van der Waals surface area contributed by atoms with Crippen LogP contribution < -0.4 is 0 Å². The van der Waals surface area contributed by atoms with Gasteiger partial charge in [-0.2, -0.15) is 5.26 Å². The number of rotatable bonds is 1. The van der Waals surface area contributed by atoms with Crippen molar-refractivity contribution in [2.45, 2.75) is 5.03 Å². The largest absolute Gasteiger partial charge is 0.244 e. The van der Waals surface area contributed by atoms with Gasteiger partial charge in [0.05, 0.1) is 5.56 Å². The SMILES string of the molecule is N#Cc1ccc([SH](=O)=O)nc1. The van der Waals surface area contributed by atoms with E-state index in [1.165, 1.54) is 18.3 Å². The van der Waals surface area contributed by atoms with Crippen LogP contribution in [0.2, 0.25) is 0 Å². The van der Waals surface area contributed by atoms with Crippen LogP contribution in [-0.4, -0.2) is 13.4 Å². The van der Waals surface area contributed by atoms with Crippen LogP contribution in [0.15, 0.2) is 23.4 Å². The molecule has 1 rings (SSSR count). The maximum absolute atomic E-state index is 10.3. The number of pyridine rings is 1. The molecule has 0 aliphatic carbocycles. The van der Waals surface area contributed by atoms with Gasteiger partial charge < -0.3 is 0 Å². The predicted octanol–water partition coefficient (Wildman–Crippen LogP) is -0.0764. The van der Waals surface area contributed by atoms with Crippen LogP contribution in [0.3, 0.4) is 0 Å². The van der Waals surface area contributed by atoms with Gasteiger partial charge in [-0.3, -0.25) is 0 Å². The first-order valence-corrected chi connectivity index (χ1v) is 3.92. The highest BCUT2D eigenvalue weighted by Crippen LogP contribution is 1.98. The van der Waals surface area contributed by atoms with E-state index in [2.05, 4.69) is 4.98 Å². The first-order valence-electron chi connectivity index (χ1n) is 2.74. The van der Waals surface area contributed by atoms with Crippen molar-refractivity contribution < 1.29 is 8.42 Å². The van der Waals surface area contributed by atoms with Gasteiger partial charge in [0.15, 0.2) is 15.7 Å². The molecule has 0 aromatic carbocycles. The topological polar surface area (TPSA) is 70.8 Å². The number of aromatic nitrogens is 1. The first kappa shape index (κ1) is 7.69. The monoisotopic (exact) mass is 168 g/mol. The van der Waals surface area contributed by atoms with E-state index in [-0.39, 0.29) is 5.03 Å². The Morgan fingerprint density at radius 1 is 1.45 bits per heavy atom. The fraction of sp³-hybridized carbons (Fsp3) is 0. The van der Waals surface area contributed by atoms with Gasteiger partial charge in [-0.25, -0.2) is 13.4 Å². The molecule has 5 heteroatoms. The number of hydrogen-bond donors (Lipinski definition) is 1. The summed E-state index contributed by atoms with van der Waals surface area (Å²) in [6, 6.07) is 4.54. The average Bonchev–Trinajstić information content (AvgIpc) is 2.05. The molecule has 1 aromatic rings. The molecule has 0 atom stereocenters. The van der Waals surface area contributed by atoms with Gasteiger partial charge in [0.1, 0.15) is 6.07 Å². The summed E-state index contributed by atoms with van der Waals surface area (Å²) in [5.41, 5.74) is 0.352. The Bertz CT molecular complexity index is 353. The molecule has 0 bridgehead atoms. The van der Waals surface area contributed by atoms with Crippen molar-refractivity contribution in [2.75, 3.05) is 0 Å². The molecule has 1 heterocycles. The van der Waals surface area contributed by atoms with E-state index < -0.39 is 10.7 Å². The minimum atomic E-state index is -2.63. The van der Waals surface area contributed by atoms with E-state index in [4.69, 9.17) is 5.26 Å². The molecule has 0 fully saturated rings. The lowest BCUT2D eigenvalue weighted by Crippen LogP contribution is -1.85. The summed E-state index contributed by atoms with van der Waals surface area (Å²) in [5, 5.41) is 8.31. The summed E-state index contributed by atoms with van der Waals surface area (Å²) in [5.74, 6) is 0. The van der Waals surface area contributed by atoms with Gasteiger partial charge in [0.2, 0.25) is 0 Å². The third-order valence-electron chi connectivity index (χ3n) is 1.06. The quantitative estimate of drug-likeness (QED) is 0.595. The first-order chi connectivity index (χ1) is 5.24. The van der Waals surface area contributed by atoms with E-state index in [9.17, 15) is 8.42 Å². The van der Waals surface area contributed by atoms with Gasteiger partial charge in [0, 0.05) is 6.20 Å². The van der Waals surface area contributed by atoms with Crippen molar-refractivity contribution in [3.05, 3.63) is 23.9 Å². The molecule has 0 spiro atoms. The van der Waals surface area contributed by atoms with Gasteiger partial charge in [-0.05, 0) is 12.1 Å². The lowest BCUT2D eigenvalue weighted by Gasteiger charge is -1.87. The van der Waals surface area contributed by atoms with Crippen molar-refractivity contribution in [3.63, 3.8) is 0 Å². The molecule has 0 aliphatic rings. The van der Waals surface area contributed by atoms with Crippen molar-refractivity contribution in [2.24, 2.45) is 0 Å². The average molecular weight is 168 g/mol. The molecule has 0 amide bonds. The van der Waals surface area contributed by atoms with Crippen molar-refractivity contribution in [3.8, 4) is 6.07 Å². The minimum absolute atomic E-state index is 0.0148. The minimum Gasteiger partial charge on any atom is -0.244 e. The fourth-order valence-corrected chi connectivity index (χ4v) is 0.908. The Morgan fingerprint density at radius 2 is 2.18 bits per heavy atom. The molecule has 0 radical (unpaired) electrons. The molecule has 0 unspecified atom stereocenters. The van der Waals surface area contributed by atoms with Crippen LogP contribution in [0, 0.1) is 11.3 Å². The normalized spacial score (nSPS) is 9.45. The maximum atomic E-state index is 10.3. The second-order valence-electron chi connectivity index (χ2n) is 1.77. The second kappa shape index (κ2) is 3.12. The second-order valence-corrected chi connectivity index (χ2v) is 2.75. The zero-order valence-electron chi connectivity index (χ0n) is 5.39. The van der Waals surface area contributed by atoms with E-state index in [0.29, 0.717) is 5.56 Å². The summed E-state index contributed by atoms with van der Waals surface area (Å²) >= 11 is 0. The molecule has 1 aromatic heterocycles. The number of nitrogens with zero attached hydrogens (tertiary/aromatic N) is 2. The highest BCUT2D eigenvalue weighted by atomic mass is 32.2. The Morgan fingerprint density at radius 3 is 2.55 bits per heavy atom. The molecule has 0 N–H and O–H groups in total. The molecular weight excluding hydrogens is 164 g/mol. The summed E-state index contributed by atoms with van der Waals surface area (Å²) in [6.07, 6.45) is 1.22. The number of hydrogen-bond acceptors (Lipinski definition) is 4. The Labute approximate surface area is 65.1 Å².